The average molecular weight is 312 g/mol. The van der Waals surface area contributed by atoms with E-state index in [-0.39, 0.29) is 38.9 Å². The second-order valence-electron chi connectivity index (χ2n) is 5.51. The number of rotatable bonds is 6. The van der Waals surface area contributed by atoms with E-state index >= 15 is 0 Å². The van der Waals surface area contributed by atoms with Crippen molar-refractivity contribution >= 4 is 23.5 Å². The fraction of sp³-hybridized carbons (Fsp3) is 0.750. The average Bonchev–Trinajstić information content (AvgIpc) is 2.49. The van der Waals surface area contributed by atoms with Gasteiger partial charge in [-0.15, -0.1) is 0 Å². The molecule has 0 saturated heterocycles. The van der Waals surface area contributed by atoms with Gasteiger partial charge >= 0.3 is 11.9 Å². The molecule has 0 aromatic heterocycles. The number of hydrogen-bond acceptors (Lipinski definition) is 6. The van der Waals surface area contributed by atoms with Gasteiger partial charge < -0.3 is 9.47 Å². The van der Waals surface area contributed by atoms with Crippen molar-refractivity contribution in [1.82, 2.24) is 0 Å². The number of esters is 2. The molecular weight excluding hydrogens is 288 g/mol. The van der Waals surface area contributed by atoms with Gasteiger partial charge in [0, 0.05) is 12.8 Å². The Morgan fingerprint density at radius 2 is 1.14 bits per heavy atom. The minimum absolute atomic E-state index is 0.138. The van der Waals surface area contributed by atoms with Gasteiger partial charge in [0.1, 0.15) is 10.8 Å². The summed E-state index contributed by atoms with van der Waals surface area (Å²) in [6.45, 7) is 6.91. The first-order valence-corrected chi connectivity index (χ1v) is 7.75. The van der Waals surface area contributed by atoms with E-state index in [0.717, 1.165) is 0 Å². The van der Waals surface area contributed by atoms with Crippen LogP contribution in [0.25, 0.3) is 0 Å². The van der Waals surface area contributed by atoms with Crippen molar-refractivity contribution in [1.29, 1.82) is 0 Å². The highest BCUT2D eigenvalue weighted by Crippen LogP contribution is 2.45. The molecule has 1 saturated carbocycles. The molecule has 0 aromatic carbocycles. The molecule has 1 fully saturated rings. The molecule has 22 heavy (non-hydrogen) atoms. The molecule has 2 unspecified atom stereocenters. The van der Waals surface area contributed by atoms with Crippen LogP contribution >= 0.6 is 0 Å². The zero-order valence-corrected chi connectivity index (χ0v) is 13.7. The van der Waals surface area contributed by atoms with Gasteiger partial charge in [0.15, 0.2) is 11.6 Å². The Kier molecular flexibility index (Phi) is 5.85. The van der Waals surface area contributed by atoms with Crippen LogP contribution in [0.15, 0.2) is 0 Å². The molecule has 0 bridgehead atoms. The quantitative estimate of drug-likeness (QED) is 0.549. The van der Waals surface area contributed by atoms with Gasteiger partial charge in [-0.2, -0.15) is 0 Å². The number of carbonyl (C=O) groups is 4. The Balaban J connectivity index is 3.19. The van der Waals surface area contributed by atoms with Gasteiger partial charge in [-0.05, 0) is 26.7 Å². The molecule has 1 aliphatic carbocycles. The fourth-order valence-corrected chi connectivity index (χ4v) is 2.93. The maximum absolute atomic E-state index is 12.6. The standard InChI is InChI=1S/C16H24O6/c1-5-15(13(19)21-7-3)9-12(18)16(6-2,10-11(15)17)14(20)22-8-4/h5-10H2,1-4H3. The van der Waals surface area contributed by atoms with Gasteiger partial charge in [-0.1, -0.05) is 13.8 Å². The van der Waals surface area contributed by atoms with Crippen LogP contribution in [0.2, 0.25) is 0 Å². The third-order valence-corrected chi connectivity index (χ3v) is 4.53. The largest absolute Gasteiger partial charge is 0.465 e. The van der Waals surface area contributed by atoms with Crippen molar-refractivity contribution in [2.24, 2.45) is 10.8 Å². The summed E-state index contributed by atoms with van der Waals surface area (Å²) in [6, 6.07) is 0. The van der Waals surface area contributed by atoms with Gasteiger partial charge in [-0.3, -0.25) is 19.2 Å². The molecule has 0 radical (unpaired) electrons. The van der Waals surface area contributed by atoms with Crippen LogP contribution < -0.4 is 0 Å². The molecule has 124 valence electrons. The van der Waals surface area contributed by atoms with Crippen LogP contribution in [0.4, 0.5) is 0 Å². The second kappa shape index (κ2) is 7.03. The summed E-state index contributed by atoms with van der Waals surface area (Å²) in [5, 5.41) is 0. The molecule has 6 nitrogen and oxygen atoms in total. The molecule has 0 amide bonds. The van der Waals surface area contributed by atoms with Gasteiger partial charge in [0.25, 0.3) is 0 Å². The van der Waals surface area contributed by atoms with Crippen molar-refractivity contribution < 1.29 is 28.7 Å². The predicted octanol–water partition coefficient (Wildman–Crippen LogP) is 1.84. The van der Waals surface area contributed by atoms with E-state index in [0.29, 0.717) is 0 Å². The van der Waals surface area contributed by atoms with E-state index in [1.54, 1.807) is 27.7 Å². The van der Waals surface area contributed by atoms with Crippen molar-refractivity contribution in [3.05, 3.63) is 0 Å². The zero-order valence-electron chi connectivity index (χ0n) is 13.7. The normalized spacial score (nSPS) is 28.4. The Morgan fingerprint density at radius 1 is 0.818 bits per heavy atom. The molecule has 0 aromatic rings. The molecule has 2 atom stereocenters. The summed E-state index contributed by atoms with van der Waals surface area (Å²) in [4.78, 5) is 49.6. The maximum Gasteiger partial charge on any atom is 0.320 e. The number of hydrogen-bond donors (Lipinski definition) is 0. The highest BCUT2D eigenvalue weighted by Gasteiger charge is 2.60. The van der Waals surface area contributed by atoms with Gasteiger partial charge in [-0.25, -0.2) is 0 Å². The first-order valence-electron chi connectivity index (χ1n) is 7.75. The monoisotopic (exact) mass is 312 g/mol. The fourth-order valence-electron chi connectivity index (χ4n) is 2.93. The first-order chi connectivity index (χ1) is 10.3. The van der Waals surface area contributed by atoms with Crippen LogP contribution in [0.3, 0.4) is 0 Å². The highest BCUT2D eigenvalue weighted by molar-refractivity contribution is 6.17. The maximum atomic E-state index is 12.6. The van der Waals surface area contributed by atoms with Crippen molar-refractivity contribution in [3.8, 4) is 0 Å². The van der Waals surface area contributed by atoms with Gasteiger partial charge in [0.05, 0.1) is 13.2 Å². The summed E-state index contributed by atoms with van der Waals surface area (Å²) in [5.41, 5.74) is -2.92. The lowest BCUT2D eigenvalue weighted by atomic mass is 9.60. The third kappa shape index (κ3) is 2.78. The number of ketones is 2. The van der Waals surface area contributed by atoms with E-state index in [2.05, 4.69) is 0 Å². The topological polar surface area (TPSA) is 86.7 Å². The van der Waals surface area contributed by atoms with E-state index < -0.39 is 34.3 Å². The zero-order chi connectivity index (χ0) is 17.0. The number of Topliss-reactive ketones (excluding diaryl/α,β-unsaturated/α-hetero) is 2. The van der Waals surface area contributed by atoms with Crippen molar-refractivity contribution in [3.63, 3.8) is 0 Å². The molecule has 0 N–H and O–H groups in total. The van der Waals surface area contributed by atoms with Crippen molar-refractivity contribution in [2.75, 3.05) is 13.2 Å². The lowest BCUT2D eigenvalue weighted by Crippen LogP contribution is -2.55. The molecule has 1 aliphatic rings. The molecular formula is C16H24O6. The molecule has 1 rings (SSSR count). The van der Waals surface area contributed by atoms with E-state index in [4.69, 9.17) is 9.47 Å². The summed E-state index contributed by atoms with van der Waals surface area (Å²) in [5.74, 6) is -2.18. The Hall–Kier alpha value is -1.72. The van der Waals surface area contributed by atoms with E-state index in [1.165, 1.54) is 0 Å². The highest BCUT2D eigenvalue weighted by atomic mass is 16.5. The van der Waals surface area contributed by atoms with Gasteiger partial charge in [0.2, 0.25) is 0 Å². The molecule has 0 aliphatic heterocycles. The third-order valence-electron chi connectivity index (χ3n) is 4.53. The summed E-state index contributed by atoms with van der Waals surface area (Å²) in [7, 11) is 0. The minimum atomic E-state index is -1.46. The Morgan fingerprint density at radius 3 is 1.36 bits per heavy atom. The summed E-state index contributed by atoms with van der Waals surface area (Å²) < 4.78 is 9.95. The first kappa shape index (κ1) is 18.3. The van der Waals surface area contributed by atoms with E-state index in [1.807, 2.05) is 0 Å². The Labute approximate surface area is 130 Å². The minimum Gasteiger partial charge on any atom is -0.465 e. The number of carbonyl (C=O) groups excluding carboxylic acids is 4. The van der Waals surface area contributed by atoms with Crippen LogP contribution in [-0.2, 0) is 28.7 Å². The van der Waals surface area contributed by atoms with Crippen LogP contribution in [0.5, 0.6) is 0 Å². The molecule has 6 heteroatoms. The van der Waals surface area contributed by atoms with Crippen LogP contribution in [0.1, 0.15) is 53.4 Å². The lowest BCUT2D eigenvalue weighted by Gasteiger charge is -2.40. The lowest BCUT2D eigenvalue weighted by molar-refractivity contribution is -0.176. The second-order valence-corrected chi connectivity index (χ2v) is 5.51. The SMILES string of the molecule is CCOC(=O)C1(CC)CC(=O)C(CC)(C(=O)OCC)CC1=O. The summed E-state index contributed by atoms with van der Waals surface area (Å²) in [6.07, 6.45) is -0.236. The predicted molar refractivity (Wildman–Crippen MR) is 78.0 cm³/mol. The van der Waals surface area contributed by atoms with Crippen LogP contribution in [0, 0.1) is 10.8 Å². The van der Waals surface area contributed by atoms with Crippen molar-refractivity contribution in [2.45, 2.75) is 53.4 Å². The molecule has 0 spiro atoms. The van der Waals surface area contributed by atoms with Crippen LogP contribution in [-0.4, -0.2) is 36.7 Å². The Bertz CT molecular complexity index is 439. The molecule has 0 heterocycles. The smallest absolute Gasteiger partial charge is 0.320 e. The number of ether oxygens (including phenoxy) is 2. The summed E-state index contributed by atoms with van der Waals surface area (Å²) >= 11 is 0. The van der Waals surface area contributed by atoms with E-state index in [9.17, 15) is 19.2 Å².